The van der Waals surface area contributed by atoms with Gasteiger partial charge in [-0.1, -0.05) is 67.5 Å². The Kier molecular flexibility index (Phi) is 42.3. The fourth-order valence-corrected chi connectivity index (χ4v) is 14.4. The second-order valence-corrected chi connectivity index (χ2v) is 33.1. The maximum atomic E-state index is 14.9. The highest BCUT2D eigenvalue weighted by molar-refractivity contribution is 6.02. The molecule has 3 saturated heterocycles. The summed E-state index contributed by atoms with van der Waals surface area (Å²) in [5.41, 5.74) is 17.3. The number of phenolic OH excluding ortho intramolecular Hbond substituents is 1. The van der Waals surface area contributed by atoms with Gasteiger partial charge in [-0.25, -0.2) is 9.78 Å². The number of benzene rings is 1. The van der Waals surface area contributed by atoms with E-state index in [1.807, 2.05) is 0 Å². The number of primary amides is 1. The maximum Gasteiger partial charge on any atom is 0.328 e. The molecular formula is C80H125N23O25. The van der Waals surface area contributed by atoms with Crippen molar-refractivity contribution in [1.82, 2.24) is 99.1 Å². The molecule has 0 radical (unpaired) electrons. The van der Waals surface area contributed by atoms with Crippen LogP contribution in [0.5, 0.6) is 5.75 Å². The average molecular weight is 1810 g/mol. The number of guanidine groups is 1. The maximum absolute atomic E-state index is 14.9. The number of nitrogens with two attached hydrogens (primary N) is 3. The van der Waals surface area contributed by atoms with Gasteiger partial charge in [0.2, 0.25) is 100 Å². The number of rotatable bonds is 51. The molecule has 17 amide bonds. The summed E-state index contributed by atoms with van der Waals surface area (Å²) in [6.07, 6.45) is -0.913. The van der Waals surface area contributed by atoms with Gasteiger partial charge in [0, 0.05) is 51.6 Å². The minimum Gasteiger partial charge on any atom is -0.508 e. The van der Waals surface area contributed by atoms with E-state index in [2.05, 4.69) is 84.4 Å². The number of aromatic nitrogens is 2. The smallest absolute Gasteiger partial charge is 0.328 e. The van der Waals surface area contributed by atoms with Crippen LogP contribution in [0.25, 0.3) is 0 Å². The van der Waals surface area contributed by atoms with E-state index in [4.69, 9.17) is 22.6 Å². The van der Waals surface area contributed by atoms with Crippen molar-refractivity contribution >= 4 is 118 Å². The van der Waals surface area contributed by atoms with Crippen molar-refractivity contribution in [1.29, 1.82) is 5.41 Å². The van der Waals surface area contributed by atoms with Gasteiger partial charge in [-0.3, -0.25) is 91.7 Å². The van der Waals surface area contributed by atoms with E-state index in [9.17, 15) is 122 Å². The minimum atomic E-state index is -1.79. The number of carboxylic acids is 2. The number of aliphatic hydroxyl groups is 3. The Morgan fingerprint density at radius 2 is 0.938 bits per heavy atom. The molecule has 710 valence electrons. The van der Waals surface area contributed by atoms with Gasteiger partial charge < -0.3 is 142 Å². The molecular weight excluding hydrogens is 1680 g/mol. The Hall–Kier alpha value is -12.7. The van der Waals surface area contributed by atoms with Crippen LogP contribution >= 0.6 is 0 Å². The number of aliphatic hydroxyl groups excluding tert-OH is 3. The number of nitrogens with one attached hydrogen (secondary N) is 16. The fourth-order valence-electron chi connectivity index (χ4n) is 14.4. The quantitative estimate of drug-likeness (QED) is 0.0166. The van der Waals surface area contributed by atoms with Gasteiger partial charge in [0.15, 0.2) is 5.96 Å². The predicted molar refractivity (Wildman–Crippen MR) is 451 cm³/mol. The summed E-state index contributed by atoms with van der Waals surface area (Å²) < 4.78 is 0. The van der Waals surface area contributed by atoms with E-state index in [0.717, 1.165) is 16.7 Å². The number of hydrogen-bond donors (Lipinski definition) is 25. The van der Waals surface area contributed by atoms with Crippen molar-refractivity contribution in [2.75, 3.05) is 52.5 Å². The van der Waals surface area contributed by atoms with Crippen molar-refractivity contribution < 1.29 is 122 Å². The number of carbonyl (C=O) groups is 19. The van der Waals surface area contributed by atoms with Crippen LogP contribution in [0.15, 0.2) is 36.8 Å². The Labute approximate surface area is 737 Å². The lowest BCUT2D eigenvalue weighted by molar-refractivity contribution is -0.145. The van der Waals surface area contributed by atoms with Crippen LogP contribution in [-0.4, -0.2) is 323 Å². The molecule has 0 bridgehead atoms. The first-order chi connectivity index (χ1) is 60.3. The average Bonchev–Trinajstić information content (AvgIpc) is 1.49. The van der Waals surface area contributed by atoms with E-state index in [1.54, 1.807) is 55.4 Å². The highest BCUT2D eigenvalue weighted by atomic mass is 16.4. The van der Waals surface area contributed by atoms with Crippen molar-refractivity contribution in [3.63, 3.8) is 0 Å². The Morgan fingerprint density at radius 3 is 1.40 bits per heavy atom. The number of hydrogen-bond acceptors (Lipinski definition) is 26. The number of carboxylic acid groups (broad SMARTS) is 2. The molecule has 0 saturated carbocycles. The molecule has 2 aromatic rings. The zero-order valence-corrected chi connectivity index (χ0v) is 73.0. The molecule has 48 nitrogen and oxygen atoms in total. The van der Waals surface area contributed by atoms with E-state index < -0.39 is 272 Å². The van der Waals surface area contributed by atoms with E-state index in [0.29, 0.717) is 5.56 Å². The zero-order valence-electron chi connectivity index (χ0n) is 73.0. The number of amides is 17. The molecule has 48 heteroatoms. The molecule has 0 aliphatic carbocycles. The van der Waals surface area contributed by atoms with Crippen molar-refractivity contribution in [2.45, 2.75) is 249 Å². The summed E-state index contributed by atoms with van der Waals surface area (Å²) in [6, 6.07) is -16.8. The largest absolute Gasteiger partial charge is 0.508 e. The van der Waals surface area contributed by atoms with Gasteiger partial charge in [-0.2, -0.15) is 0 Å². The fraction of sp³-hybridized carbons (Fsp3) is 0.637. The Bertz CT molecular complexity index is 4250. The number of carbonyl (C=O) groups excluding carboxylic acids is 17. The van der Waals surface area contributed by atoms with E-state index in [-0.39, 0.29) is 120 Å². The molecule has 3 fully saturated rings. The van der Waals surface area contributed by atoms with Crippen LogP contribution in [-0.2, 0) is 104 Å². The molecule has 3 aliphatic heterocycles. The van der Waals surface area contributed by atoms with Crippen LogP contribution in [0, 0.1) is 29.1 Å². The molecule has 3 aliphatic rings. The van der Waals surface area contributed by atoms with Crippen LogP contribution < -0.4 is 91.6 Å². The van der Waals surface area contributed by atoms with Crippen LogP contribution in [0.4, 0.5) is 0 Å². The van der Waals surface area contributed by atoms with Crippen molar-refractivity contribution in [3.8, 4) is 5.75 Å². The summed E-state index contributed by atoms with van der Waals surface area (Å²) in [6.45, 7) is 10.5. The molecule has 16 unspecified atom stereocenters. The number of H-pyrrole nitrogens is 1. The normalized spacial score (nSPS) is 17.9. The molecule has 0 spiro atoms. The number of phenols is 1. The lowest BCUT2D eigenvalue weighted by Gasteiger charge is -2.33. The molecule has 16 atom stereocenters. The second kappa shape index (κ2) is 51.2. The number of likely N-dealkylation sites (tertiary alicyclic amines) is 3. The molecule has 1 aromatic heterocycles. The third kappa shape index (κ3) is 32.9. The molecule has 28 N–H and O–H groups in total. The highest BCUT2D eigenvalue weighted by Crippen LogP contribution is 2.25. The predicted octanol–water partition coefficient (Wildman–Crippen LogP) is -8.77. The minimum absolute atomic E-state index is 0.0245. The monoisotopic (exact) mass is 1810 g/mol. The third-order valence-corrected chi connectivity index (χ3v) is 21.4. The van der Waals surface area contributed by atoms with E-state index >= 15 is 0 Å². The summed E-state index contributed by atoms with van der Waals surface area (Å²) in [7, 11) is 0. The number of nitrogens with zero attached hydrogens (tertiary/aromatic N) is 4. The standard InChI is InChI=1S/C80H125N23O25/c1-38(2)28-48(65(113)87-34-59(110)91-52(35-104)76(124)101-25-11-15-54(101)71(119)92-46(14-10-24-86-80(83)84)67(115)97-53(36-105)79(127)128)90-58(109)33-88-66(114)49(29-43-18-20-45(107)21-19-43)95-73(121)56-17-12-26-102(56)77(125)63(41(7)8)99-75(123)62(40(5)6)98-69(117)50(30-44-32-85-37-89-44)94-68(116)47(22-23-60(111)112)93-72(120)55-16-13-27-103(55)78(126)64(42(9)106)100-70(118)51(31-57(81)108)96-74(122)61(82)39(3)4/h18-21,32,37-42,46-56,61-64,104-107H,10-17,22-31,33-36,82H2,1-9H3,(H2,81,108)(H,85,89)(H,87,113)(H,88,114)(H,90,109)(H,91,110)(H,92,119)(H,93,120)(H,94,116)(H,95,121)(H,96,122)(H,97,115)(H,98,117)(H,99,123)(H,100,118)(H,111,112)(H,127,128)(H4,83,84,86). The molecule has 4 heterocycles. The Morgan fingerprint density at radius 1 is 0.492 bits per heavy atom. The van der Waals surface area contributed by atoms with Gasteiger partial charge in [0.25, 0.3) is 0 Å². The van der Waals surface area contributed by atoms with Crippen LogP contribution in [0.1, 0.15) is 151 Å². The van der Waals surface area contributed by atoms with Crippen molar-refractivity contribution in [3.05, 3.63) is 48.0 Å². The van der Waals surface area contributed by atoms with Gasteiger partial charge in [-0.05, 0) is 112 Å². The lowest BCUT2D eigenvalue weighted by atomic mass is 9.98. The molecule has 128 heavy (non-hydrogen) atoms. The summed E-state index contributed by atoms with van der Waals surface area (Å²) in [5.74, 6) is -21.7. The second-order valence-electron chi connectivity index (χ2n) is 33.1. The topological polar surface area (TPSA) is 754 Å². The zero-order chi connectivity index (χ0) is 95.7. The first-order valence-corrected chi connectivity index (χ1v) is 42.3. The Balaban J connectivity index is 1.25. The van der Waals surface area contributed by atoms with Crippen molar-refractivity contribution in [2.24, 2.45) is 40.9 Å². The van der Waals surface area contributed by atoms with Crippen LogP contribution in [0.2, 0.25) is 0 Å². The number of aliphatic carboxylic acids is 2. The number of imidazole rings is 1. The van der Waals surface area contributed by atoms with Crippen LogP contribution in [0.3, 0.4) is 0 Å². The van der Waals surface area contributed by atoms with Gasteiger partial charge in [0.1, 0.15) is 90.3 Å². The molecule has 5 rings (SSSR count). The summed E-state index contributed by atoms with van der Waals surface area (Å²) in [4.78, 5) is 270. The number of aromatic hydroxyl groups is 1. The molecule has 1 aromatic carbocycles. The lowest BCUT2D eigenvalue weighted by Crippen LogP contribution is -2.62. The van der Waals surface area contributed by atoms with Gasteiger partial charge in [0.05, 0.1) is 56.9 Å². The highest BCUT2D eigenvalue weighted by Gasteiger charge is 2.46. The van der Waals surface area contributed by atoms with E-state index in [1.165, 1.54) is 41.7 Å². The summed E-state index contributed by atoms with van der Waals surface area (Å²) >= 11 is 0. The van der Waals surface area contributed by atoms with Gasteiger partial charge in [-0.15, -0.1) is 0 Å². The van der Waals surface area contributed by atoms with Gasteiger partial charge >= 0.3 is 11.9 Å². The first kappa shape index (κ1) is 106. The SMILES string of the molecule is CC(C)CC(NC(=O)CNC(=O)C(Cc1ccc(O)cc1)NC(=O)C1CCCN1C(=O)C(NC(=O)C(NC(=O)C(Cc1c[nH]cn1)NC(=O)C(CCC(=O)O)NC(=O)C1CCCN1C(=O)C(NC(=O)C(CC(N)=O)NC(=O)C(N)C(C)C)C(C)O)C(C)C)C(C)C)C(=O)NCC(=O)NC(CO)C(=O)N1CCCC1C(=O)NC(CCCNC(=N)N)C(=O)NC(CO)C(=O)O. The summed E-state index contributed by atoms with van der Waals surface area (Å²) in [5, 5.41) is 102. The number of aromatic amines is 1. The third-order valence-electron chi connectivity index (χ3n) is 21.4. The first-order valence-electron chi connectivity index (χ1n) is 42.3.